The van der Waals surface area contributed by atoms with Gasteiger partial charge in [0.2, 0.25) is 11.8 Å². The number of para-hydroxylation sites is 2. The summed E-state index contributed by atoms with van der Waals surface area (Å²) in [5.74, 6) is -0.0702. The van der Waals surface area contributed by atoms with Crippen LogP contribution in [-0.2, 0) is 41.2 Å². The normalized spacial score (nSPS) is 15.8. The lowest BCUT2D eigenvalue weighted by atomic mass is 10.0. The molecule has 16 nitrogen and oxygen atoms in total. The number of carbonyl (C=O) groups excluding carboxylic acids is 4. The van der Waals surface area contributed by atoms with Crippen LogP contribution in [0.2, 0.25) is 0 Å². The van der Waals surface area contributed by atoms with Gasteiger partial charge in [-0.1, -0.05) is 91.0 Å². The molecule has 18 heteroatoms. The number of amides is 4. The third-order valence-corrected chi connectivity index (χ3v) is 12.6. The summed E-state index contributed by atoms with van der Waals surface area (Å²) in [6.07, 6.45) is -0.926. The highest BCUT2D eigenvalue weighted by Gasteiger charge is 2.41. The third kappa shape index (κ3) is 14.4. The maximum atomic E-state index is 15.2. The van der Waals surface area contributed by atoms with Gasteiger partial charge in [0.05, 0.1) is 24.7 Å². The number of hydrogen-bond donors (Lipinski definition) is 5. The number of phosphoric acid groups is 1. The van der Waals surface area contributed by atoms with Crippen molar-refractivity contribution in [2.75, 3.05) is 23.9 Å². The maximum Gasteiger partial charge on any atom is 0.527 e. The van der Waals surface area contributed by atoms with Gasteiger partial charge >= 0.3 is 13.9 Å². The fourth-order valence-electron chi connectivity index (χ4n) is 7.09. The molecule has 0 bridgehead atoms. The minimum absolute atomic E-state index is 0.0267. The molecule has 0 saturated heterocycles. The summed E-state index contributed by atoms with van der Waals surface area (Å²) < 4.78 is 40.1. The van der Waals surface area contributed by atoms with Crippen molar-refractivity contribution in [2.45, 2.75) is 61.6 Å². The highest BCUT2D eigenvalue weighted by molar-refractivity contribution is 7.99. The van der Waals surface area contributed by atoms with Crippen molar-refractivity contribution in [3.05, 3.63) is 174 Å². The predicted octanol–water partition coefficient (Wildman–Crippen LogP) is 9.13. The van der Waals surface area contributed by atoms with Crippen molar-refractivity contribution in [1.82, 2.24) is 16.2 Å². The van der Waals surface area contributed by atoms with Gasteiger partial charge in [0.15, 0.2) is 0 Å². The molecule has 1 unspecified atom stereocenters. The van der Waals surface area contributed by atoms with Crippen LogP contribution in [0.1, 0.15) is 42.7 Å². The van der Waals surface area contributed by atoms with Crippen molar-refractivity contribution in [3.63, 3.8) is 0 Å². The predicted molar refractivity (Wildman–Crippen MR) is 262 cm³/mol. The van der Waals surface area contributed by atoms with E-state index in [2.05, 4.69) is 21.5 Å². The Bertz CT molecular complexity index is 2760. The van der Waals surface area contributed by atoms with Crippen molar-refractivity contribution in [1.29, 1.82) is 0 Å². The van der Waals surface area contributed by atoms with Gasteiger partial charge in [-0.2, -0.15) is 0 Å². The number of benzene rings is 6. The average Bonchev–Trinajstić information content (AvgIpc) is 3.43. The molecule has 0 aliphatic carbocycles. The van der Waals surface area contributed by atoms with Gasteiger partial charge in [-0.15, -0.1) is 11.8 Å². The fraction of sp³-hybridized carbons (Fsp3) is 0.216. The summed E-state index contributed by atoms with van der Waals surface area (Å²) in [6.45, 7) is 4.49. The maximum absolute atomic E-state index is 15.2. The van der Waals surface area contributed by atoms with E-state index in [0.29, 0.717) is 50.2 Å². The second-order valence-electron chi connectivity index (χ2n) is 16.7. The Balaban J connectivity index is 1.15. The molecule has 0 spiro atoms. The zero-order valence-corrected chi connectivity index (χ0v) is 39.9. The van der Waals surface area contributed by atoms with Crippen molar-refractivity contribution in [2.24, 2.45) is 0 Å². The van der Waals surface area contributed by atoms with Crippen LogP contribution in [-0.4, -0.2) is 60.0 Å². The summed E-state index contributed by atoms with van der Waals surface area (Å²) in [6, 6.07) is 42.8. The first-order chi connectivity index (χ1) is 33.1. The van der Waals surface area contributed by atoms with Crippen LogP contribution in [0, 0.1) is 0 Å². The van der Waals surface area contributed by atoms with Gasteiger partial charge < -0.3 is 34.3 Å². The number of hydrogen-bond acceptors (Lipinski definition) is 12. The molecule has 1 aliphatic heterocycles. The molecular weight excluding hydrogens is 922 g/mol. The number of rotatable bonds is 18. The summed E-state index contributed by atoms with van der Waals surface area (Å²) in [5, 5.41) is 5.12. The summed E-state index contributed by atoms with van der Waals surface area (Å²) in [7, 11) is -2.98. The number of carbonyl (C=O) groups is 4. The van der Waals surface area contributed by atoms with Crippen LogP contribution < -0.4 is 40.4 Å². The van der Waals surface area contributed by atoms with Gasteiger partial charge in [-0.05, 0) is 105 Å². The number of anilines is 2. The minimum Gasteiger partial charge on any atom is -0.497 e. The van der Waals surface area contributed by atoms with Gasteiger partial charge in [-0.3, -0.25) is 29.2 Å². The molecule has 4 atom stereocenters. The number of ether oxygens (including phenoxy) is 3. The molecule has 5 N–H and O–H groups in total. The molecule has 0 fully saturated rings. The second kappa shape index (κ2) is 22.8. The number of hydrazine groups is 1. The molecule has 0 aromatic heterocycles. The number of methoxy groups -OCH3 is 1. The molecule has 69 heavy (non-hydrogen) atoms. The molecular formula is C51H52N5O11PS. The van der Waals surface area contributed by atoms with Crippen LogP contribution in [0.15, 0.2) is 163 Å². The van der Waals surface area contributed by atoms with E-state index in [0.717, 1.165) is 0 Å². The molecule has 4 amide bonds. The van der Waals surface area contributed by atoms with E-state index in [1.165, 1.54) is 28.8 Å². The van der Waals surface area contributed by atoms with Crippen LogP contribution in [0.4, 0.5) is 16.2 Å². The summed E-state index contributed by atoms with van der Waals surface area (Å²) in [5.41, 5.74) is 7.16. The van der Waals surface area contributed by atoms with Gasteiger partial charge in [0.25, 0.3) is 5.91 Å². The van der Waals surface area contributed by atoms with E-state index < -0.39 is 61.1 Å². The Hall–Kier alpha value is -7.14. The monoisotopic (exact) mass is 973 g/mol. The molecule has 1 aliphatic rings. The zero-order chi connectivity index (χ0) is 49.0. The lowest BCUT2D eigenvalue weighted by Crippen LogP contribution is -2.58. The highest BCUT2D eigenvalue weighted by atomic mass is 32.2. The van der Waals surface area contributed by atoms with Crippen LogP contribution >= 0.6 is 19.6 Å². The molecule has 6 aromatic rings. The molecule has 0 radical (unpaired) electrons. The van der Waals surface area contributed by atoms with Gasteiger partial charge in [0, 0.05) is 16.6 Å². The van der Waals surface area contributed by atoms with E-state index in [9.17, 15) is 23.8 Å². The van der Waals surface area contributed by atoms with Gasteiger partial charge in [0.1, 0.15) is 47.2 Å². The summed E-state index contributed by atoms with van der Waals surface area (Å²) >= 11 is 1.34. The topological polar surface area (TPSA) is 203 Å². The van der Waals surface area contributed by atoms with Gasteiger partial charge in [-0.25, -0.2) is 14.8 Å². The smallest absolute Gasteiger partial charge is 0.497 e. The minimum atomic E-state index is -4.52. The standard InChI is InChI=1S/C51H52N5O11PS/c1-51(2,3)66-50(60)55-54-42(30-34-22-26-40(27-23-34)67-68(61,62)64-33-35-14-7-5-8-15-35)48(58)53-46-47(36-24-28-38(63-4)29-25-36)69-44-21-12-11-20-43(44)56(49(46)59)32-45(57)52-37-16-13-19-41(31-37)65-39-17-9-6-10-18-39/h5-29,31,42,46-47,54H,30,32-33H2,1-4H3,(H,52,57)(H,53,58)(H,55,60)(H,61,62)/t42-,46-,47-/m0/s1. The lowest BCUT2D eigenvalue weighted by Gasteiger charge is -2.30. The van der Waals surface area contributed by atoms with E-state index >= 15 is 4.79 Å². The van der Waals surface area contributed by atoms with Crippen molar-refractivity contribution >= 4 is 54.8 Å². The van der Waals surface area contributed by atoms with E-state index in [4.69, 9.17) is 23.3 Å². The Morgan fingerprint density at radius 1 is 0.768 bits per heavy atom. The van der Waals surface area contributed by atoms with E-state index in [1.807, 2.05) is 48.5 Å². The zero-order valence-electron chi connectivity index (χ0n) is 38.2. The number of nitrogens with one attached hydrogen (secondary N) is 4. The molecule has 7 rings (SSSR count). The Morgan fingerprint density at radius 2 is 1.42 bits per heavy atom. The Kier molecular flexibility index (Phi) is 16.4. The van der Waals surface area contributed by atoms with Crippen LogP contribution in [0.3, 0.4) is 0 Å². The molecule has 6 aromatic carbocycles. The second-order valence-corrected chi connectivity index (χ2v) is 19.2. The van der Waals surface area contributed by atoms with Crippen LogP contribution in [0.5, 0.6) is 23.0 Å². The summed E-state index contributed by atoms with van der Waals surface area (Å²) in [4.78, 5) is 69.2. The first-order valence-electron chi connectivity index (χ1n) is 21.8. The number of thioether (sulfide) groups is 1. The molecule has 1 heterocycles. The van der Waals surface area contributed by atoms with Crippen LogP contribution in [0.25, 0.3) is 0 Å². The number of phosphoric ester groups is 1. The third-order valence-electron chi connectivity index (χ3n) is 10.3. The number of fused-ring (bicyclic) bond motifs is 1. The lowest BCUT2D eigenvalue weighted by molar-refractivity contribution is -0.129. The Labute approximate surface area is 404 Å². The van der Waals surface area contributed by atoms with E-state index in [1.54, 1.807) is 125 Å². The molecule has 358 valence electrons. The first-order valence-corrected chi connectivity index (χ1v) is 24.2. The fourth-order valence-corrected chi connectivity index (χ4v) is 9.18. The van der Waals surface area contributed by atoms with Crippen molar-refractivity contribution < 1.29 is 51.9 Å². The quantitative estimate of drug-likeness (QED) is 0.0403. The SMILES string of the molecule is COc1ccc([C@@H]2Sc3ccccc3N(CC(=O)Nc3cccc(Oc4ccccc4)c3)C(=O)[C@H]2NC(=O)[C@H](Cc2ccc(OP(=O)(O)OCc3ccccc3)cc2)NNC(=O)OC(C)(C)C)cc1. The Morgan fingerprint density at radius 3 is 2.12 bits per heavy atom. The van der Waals surface area contributed by atoms with Crippen molar-refractivity contribution in [3.8, 4) is 23.0 Å². The largest absolute Gasteiger partial charge is 0.527 e. The molecule has 0 saturated carbocycles. The first kappa shape index (κ1) is 49.8. The average molecular weight is 974 g/mol. The van der Waals surface area contributed by atoms with E-state index in [-0.39, 0.29) is 18.8 Å². The number of nitrogens with zero attached hydrogens (tertiary/aromatic N) is 1. The highest BCUT2D eigenvalue weighted by Crippen LogP contribution is 2.47.